The van der Waals surface area contributed by atoms with E-state index in [0.717, 1.165) is 44.5 Å². The molecule has 1 N–H and O–H groups in total. The summed E-state index contributed by atoms with van der Waals surface area (Å²) >= 11 is 5.29. The molecule has 4 nitrogen and oxygen atoms in total. The second kappa shape index (κ2) is 8.00. The van der Waals surface area contributed by atoms with E-state index in [-0.39, 0.29) is 5.91 Å². The minimum absolute atomic E-state index is 0.0105. The fourth-order valence-corrected chi connectivity index (χ4v) is 5.69. The van der Waals surface area contributed by atoms with E-state index in [4.69, 9.17) is 0 Å². The van der Waals surface area contributed by atoms with Gasteiger partial charge in [-0.2, -0.15) is 0 Å². The van der Waals surface area contributed by atoms with Gasteiger partial charge >= 0.3 is 0 Å². The highest BCUT2D eigenvalue weighted by molar-refractivity contribution is 9.10. The highest BCUT2D eigenvalue weighted by Gasteiger charge is 2.37. The van der Waals surface area contributed by atoms with Gasteiger partial charge in [0, 0.05) is 39.2 Å². The Hall–Kier alpha value is -2.44. The van der Waals surface area contributed by atoms with Gasteiger partial charge in [0.1, 0.15) is 5.00 Å². The third-order valence-electron chi connectivity index (χ3n) is 5.73. The van der Waals surface area contributed by atoms with E-state index in [1.807, 2.05) is 30.3 Å². The maximum Gasteiger partial charge on any atom is 0.229 e. The molecule has 2 aliphatic heterocycles. The number of anilines is 1. The number of carbonyl (C=O) groups excluding carboxylic acids is 1. The first-order valence-corrected chi connectivity index (χ1v) is 11.9. The van der Waals surface area contributed by atoms with Gasteiger partial charge in [0.05, 0.1) is 18.0 Å². The Labute approximate surface area is 188 Å². The molecule has 0 saturated carbocycles. The van der Waals surface area contributed by atoms with Crippen LogP contribution in [0.3, 0.4) is 0 Å². The number of aromatic nitrogens is 1. The molecule has 0 spiro atoms. The summed E-state index contributed by atoms with van der Waals surface area (Å²) in [4.78, 5) is 19.8. The number of fused-ring (bicyclic) bond motifs is 2. The van der Waals surface area contributed by atoms with Gasteiger partial charge < -0.3 is 10.2 Å². The van der Waals surface area contributed by atoms with Crippen molar-refractivity contribution in [3.05, 3.63) is 75.7 Å². The molecule has 1 aromatic carbocycles. The molecule has 6 heteroatoms. The zero-order chi connectivity index (χ0) is 20.7. The molecule has 3 aromatic rings. The van der Waals surface area contributed by atoms with Gasteiger partial charge in [0.2, 0.25) is 5.91 Å². The summed E-state index contributed by atoms with van der Waals surface area (Å²) in [5.74, 6) is 0.412. The molecule has 2 unspecified atom stereocenters. The zero-order valence-electron chi connectivity index (χ0n) is 16.6. The van der Waals surface area contributed by atoms with Crippen LogP contribution in [0, 0.1) is 5.92 Å². The van der Waals surface area contributed by atoms with Gasteiger partial charge in [-0.15, -0.1) is 11.3 Å². The van der Waals surface area contributed by atoms with Crippen molar-refractivity contribution >= 4 is 54.8 Å². The van der Waals surface area contributed by atoms with Crippen LogP contribution in [0.4, 0.5) is 5.00 Å². The van der Waals surface area contributed by atoms with Crippen LogP contribution in [0.2, 0.25) is 0 Å². The Balaban J connectivity index is 1.41. The number of allylic oxidation sites excluding steroid dienone is 2. The molecule has 5 rings (SSSR count). The largest absolute Gasteiger partial charge is 0.361 e. The standard InChI is InChI=1S/C24H22BrN3OS/c1-2-15-8-9-17-13-28(17)21(11-15)23-19(25)14-30-24(23)27-22(29)12-16-5-3-7-20-18(16)6-4-10-26-20/h3-11,14-15,17H,2,12-13H2,1H3,(H,27,29). The van der Waals surface area contributed by atoms with Crippen LogP contribution in [0.15, 0.2) is 64.6 Å². The van der Waals surface area contributed by atoms with Crippen molar-refractivity contribution in [2.24, 2.45) is 5.92 Å². The maximum atomic E-state index is 13.0. The van der Waals surface area contributed by atoms with E-state index in [1.54, 1.807) is 17.5 Å². The number of nitrogens with one attached hydrogen (secondary N) is 1. The van der Waals surface area contributed by atoms with Crippen molar-refractivity contribution < 1.29 is 4.79 Å². The molecule has 1 amide bonds. The number of amides is 1. The molecule has 30 heavy (non-hydrogen) atoms. The molecule has 2 atom stereocenters. The van der Waals surface area contributed by atoms with Gasteiger partial charge in [0.25, 0.3) is 0 Å². The summed E-state index contributed by atoms with van der Waals surface area (Å²) in [5.41, 5.74) is 4.22. The predicted octanol–water partition coefficient (Wildman–Crippen LogP) is 5.86. The van der Waals surface area contributed by atoms with Gasteiger partial charge in [-0.25, -0.2) is 0 Å². The third kappa shape index (κ3) is 3.70. The van der Waals surface area contributed by atoms with Crippen LogP contribution in [-0.4, -0.2) is 28.4 Å². The van der Waals surface area contributed by atoms with Crippen LogP contribution >= 0.6 is 27.3 Å². The SMILES string of the molecule is CCC1C=CC2CN2C(c2c(Br)csc2NC(=O)Cc2cccc3ncccc23)=C1. The minimum Gasteiger partial charge on any atom is -0.361 e. The van der Waals surface area contributed by atoms with Gasteiger partial charge in [-0.1, -0.05) is 43.4 Å². The van der Waals surface area contributed by atoms with Gasteiger partial charge in [-0.05, 0) is 46.0 Å². The number of hydrogen-bond donors (Lipinski definition) is 1. The van der Waals surface area contributed by atoms with Crippen molar-refractivity contribution in [2.45, 2.75) is 25.8 Å². The second-order valence-electron chi connectivity index (χ2n) is 7.73. The second-order valence-corrected chi connectivity index (χ2v) is 9.46. The molecular weight excluding hydrogens is 458 g/mol. The van der Waals surface area contributed by atoms with Crippen LogP contribution in [-0.2, 0) is 11.2 Å². The summed E-state index contributed by atoms with van der Waals surface area (Å²) in [5, 5.41) is 7.16. The van der Waals surface area contributed by atoms with Crippen molar-refractivity contribution in [1.29, 1.82) is 0 Å². The minimum atomic E-state index is -0.0105. The lowest BCUT2D eigenvalue weighted by Crippen LogP contribution is -2.15. The number of thiophene rings is 1. The van der Waals surface area contributed by atoms with Crippen LogP contribution in [0.1, 0.15) is 24.5 Å². The third-order valence-corrected chi connectivity index (χ3v) is 7.55. The maximum absolute atomic E-state index is 13.0. The van der Waals surface area contributed by atoms with Crippen LogP contribution < -0.4 is 5.32 Å². The Kier molecular flexibility index (Phi) is 5.21. The van der Waals surface area contributed by atoms with E-state index in [2.05, 4.69) is 61.7 Å². The summed E-state index contributed by atoms with van der Waals surface area (Å²) in [6.45, 7) is 3.25. The quantitative estimate of drug-likeness (QED) is 0.368. The van der Waals surface area contributed by atoms with Crippen molar-refractivity contribution in [3.63, 3.8) is 0 Å². The van der Waals surface area contributed by atoms with Crippen molar-refractivity contribution in [1.82, 2.24) is 9.88 Å². The summed E-state index contributed by atoms with van der Waals surface area (Å²) < 4.78 is 1.03. The smallest absolute Gasteiger partial charge is 0.229 e. The number of nitrogens with zero attached hydrogens (tertiary/aromatic N) is 2. The molecule has 2 aliphatic rings. The highest BCUT2D eigenvalue weighted by atomic mass is 79.9. The molecule has 4 heterocycles. The number of hydrogen-bond acceptors (Lipinski definition) is 4. The Morgan fingerprint density at radius 1 is 1.30 bits per heavy atom. The molecule has 1 fully saturated rings. The Morgan fingerprint density at radius 2 is 2.20 bits per heavy atom. The molecule has 152 valence electrons. The number of halogens is 1. The van der Waals surface area contributed by atoms with E-state index >= 15 is 0 Å². The Morgan fingerprint density at radius 3 is 3.07 bits per heavy atom. The monoisotopic (exact) mass is 479 g/mol. The van der Waals surface area contributed by atoms with E-state index in [1.165, 1.54) is 5.70 Å². The van der Waals surface area contributed by atoms with Gasteiger partial charge in [-0.3, -0.25) is 9.78 Å². The molecular formula is C24H22BrN3OS. The first kappa shape index (κ1) is 19.5. The van der Waals surface area contributed by atoms with Crippen LogP contribution in [0.25, 0.3) is 16.6 Å². The van der Waals surface area contributed by atoms with Crippen LogP contribution in [0.5, 0.6) is 0 Å². The highest BCUT2D eigenvalue weighted by Crippen LogP contribution is 2.44. The molecule has 0 aliphatic carbocycles. The average Bonchev–Trinajstić information content (AvgIpc) is 3.47. The topological polar surface area (TPSA) is 45.0 Å². The fraction of sp³-hybridized carbons (Fsp3) is 0.250. The fourth-order valence-electron chi connectivity index (χ4n) is 4.03. The summed E-state index contributed by atoms with van der Waals surface area (Å²) in [6, 6.07) is 10.3. The molecule has 0 radical (unpaired) electrons. The van der Waals surface area contributed by atoms with Crippen molar-refractivity contribution in [2.75, 3.05) is 11.9 Å². The molecule has 2 aromatic heterocycles. The predicted molar refractivity (Wildman–Crippen MR) is 127 cm³/mol. The Bertz CT molecular complexity index is 1180. The van der Waals surface area contributed by atoms with E-state index in [0.29, 0.717) is 18.4 Å². The summed E-state index contributed by atoms with van der Waals surface area (Å²) in [7, 11) is 0. The number of benzene rings is 1. The molecule has 0 bridgehead atoms. The lowest BCUT2D eigenvalue weighted by molar-refractivity contribution is -0.115. The lowest BCUT2D eigenvalue weighted by Gasteiger charge is -2.15. The number of carbonyl (C=O) groups is 1. The number of rotatable bonds is 5. The van der Waals surface area contributed by atoms with Gasteiger partial charge in [0.15, 0.2) is 0 Å². The molecule has 1 saturated heterocycles. The summed E-state index contributed by atoms with van der Waals surface area (Å²) in [6.07, 6.45) is 10.1. The normalized spacial score (nSPS) is 19.9. The lowest BCUT2D eigenvalue weighted by atomic mass is 10.0. The number of pyridine rings is 1. The van der Waals surface area contributed by atoms with E-state index < -0.39 is 0 Å². The average molecular weight is 480 g/mol. The van der Waals surface area contributed by atoms with E-state index in [9.17, 15) is 4.79 Å². The van der Waals surface area contributed by atoms with Crippen molar-refractivity contribution in [3.8, 4) is 0 Å². The zero-order valence-corrected chi connectivity index (χ0v) is 19.0. The first-order chi connectivity index (χ1) is 14.6. The first-order valence-electron chi connectivity index (χ1n) is 10.2.